The van der Waals surface area contributed by atoms with Gasteiger partial charge < -0.3 is 15.1 Å². The van der Waals surface area contributed by atoms with Gasteiger partial charge in [-0.2, -0.15) is 0 Å². The Bertz CT molecular complexity index is 1150. The third-order valence-electron chi connectivity index (χ3n) is 4.09. The molecule has 2 aromatic carbocycles. The molecule has 2 heterocycles. The number of carbonyl (C=O) groups is 1. The van der Waals surface area contributed by atoms with E-state index >= 15 is 0 Å². The van der Waals surface area contributed by atoms with Crippen LogP contribution in [0.1, 0.15) is 15.9 Å². The first-order valence-electron chi connectivity index (χ1n) is 7.70. The molecule has 4 rings (SSSR count). The van der Waals surface area contributed by atoms with Crippen molar-refractivity contribution in [2.45, 2.75) is 10.6 Å². The Morgan fingerprint density at radius 2 is 1.92 bits per heavy atom. The number of nitrogens with one attached hydrogen (secondary N) is 2. The van der Waals surface area contributed by atoms with E-state index in [-0.39, 0.29) is 16.6 Å². The minimum Gasteiger partial charge on any atom is -0.478 e. The van der Waals surface area contributed by atoms with Crippen molar-refractivity contribution in [2.24, 2.45) is 0 Å². The highest BCUT2D eigenvalue weighted by atomic mass is 32.2. The molecule has 0 aliphatic rings. The minimum atomic E-state index is -1.06. The molecule has 0 atom stereocenters. The average Bonchev–Trinajstić information content (AvgIpc) is 3.07. The van der Waals surface area contributed by atoms with Crippen LogP contribution in [0.5, 0.6) is 0 Å². The minimum absolute atomic E-state index is 0.108. The summed E-state index contributed by atoms with van der Waals surface area (Å²) in [5.74, 6) is -0.238. The van der Waals surface area contributed by atoms with Crippen LogP contribution in [0.4, 0.5) is 0 Å². The summed E-state index contributed by atoms with van der Waals surface area (Å²) in [7, 11) is 0. The first-order valence-corrected chi connectivity index (χ1v) is 8.69. The van der Waals surface area contributed by atoms with Crippen molar-refractivity contribution < 1.29 is 9.90 Å². The van der Waals surface area contributed by atoms with Crippen LogP contribution < -0.4 is 5.56 Å². The van der Waals surface area contributed by atoms with E-state index in [1.54, 1.807) is 11.8 Å². The Morgan fingerprint density at radius 3 is 2.68 bits per heavy atom. The van der Waals surface area contributed by atoms with E-state index in [2.05, 4.69) is 22.1 Å². The molecule has 0 unspecified atom stereocenters. The molecule has 124 valence electrons. The van der Waals surface area contributed by atoms with Gasteiger partial charge in [-0.1, -0.05) is 30.3 Å². The molecule has 0 amide bonds. The van der Waals surface area contributed by atoms with Crippen molar-refractivity contribution in [3.05, 3.63) is 76.2 Å². The van der Waals surface area contributed by atoms with Gasteiger partial charge in [0.25, 0.3) is 5.56 Å². The number of rotatable bonds is 4. The van der Waals surface area contributed by atoms with Gasteiger partial charge in [0.05, 0.1) is 5.56 Å². The number of hydrogen-bond donors (Lipinski definition) is 3. The van der Waals surface area contributed by atoms with Gasteiger partial charge in [-0.15, -0.1) is 11.8 Å². The average molecular weight is 350 g/mol. The summed E-state index contributed by atoms with van der Waals surface area (Å²) in [6, 6.07) is 15.8. The number of thioether (sulfide) groups is 1. The van der Waals surface area contributed by atoms with Crippen LogP contribution in [0, 0.1) is 0 Å². The number of H-pyrrole nitrogens is 2. The first-order chi connectivity index (χ1) is 12.1. The maximum atomic E-state index is 12.1. The molecular formula is C19H14N2O3S. The highest BCUT2D eigenvalue weighted by molar-refractivity contribution is 7.98. The van der Waals surface area contributed by atoms with Gasteiger partial charge in [0, 0.05) is 33.1 Å². The van der Waals surface area contributed by atoms with Gasteiger partial charge in [-0.25, -0.2) is 4.79 Å². The van der Waals surface area contributed by atoms with E-state index in [1.165, 1.54) is 11.8 Å². The Kier molecular flexibility index (Phi) is 3.82. The quantitative estimate of drug-likeness (QED) is 0.486. The van der Waals surface area contributed by atoms with Crippen LogP contribution in [0.2, 0.25) is 0 Å². The van der Waals surface area contributed by atoms with E-state index in [9.17, 15) is 14.7 Å². The maximum Gasteiger partial charge on any atom is 0.337 e. The standard InChI is InChI=1S/C19H14N2O3S/c22-18-17-16(14(9-20-17)19(23)24)13-8-12(6-7-15(13)21-18)25-10-11-4-2-1-3-5-11/h1-9,20H,10H2,(H,21,22)(H,23,24). The summed E-state index contributed by atoms with van der Waals surface area (Å²) in [4.78, 5) is 30.2. The van der Waals surface area contributed by atoms with E-state index < -0.39 is 5.97 Å². The highest BCUT2D eigenvalue weighted by Gasteiger charge is 2.16. The molecule has 0 saturated carbocycles. The van der Waals surface area contributed by atoms with Crippen LogP contribution in [-0.4, -0.2) is 21.0 Å². The number of aromatic nitrogens is 2. The SMILES string of the molecule is O=C(O)c1c[nH]c2c(=O)[nH]c3ccc(SCc4ccccc4)cc3c12. The normalized spacial score (nSPS) is 11.2. The van der Waals surface area contributed by atoms with E-state index in [4.69, 9.17) is 0 Å². The smallest absolute Gasteiger partial charge is 0.337 e. The third-order valence-corrected chi connectivity index (χ3v) is 5.16. The van der Waals surface area contributed by atoms with Crippen molar-refractivity contribution in [2.75, 3.05) is 0 Å². The van der Waals surface area contributed by atoms with E-state index in [1.807, 2.05) is 36.4 Å². The second-order valence-electron chi connectivity index (χ2n) is 5.69. The summed E-state index contributed by atoms with van der Waals surface area (Å²) in [5, 5.41) is 10.6. The van der Waals surface area contributed by atoms with Crippen molar-refractivity contribution in [1.82, 2.24) is 9.97 Å². The third kappa shape index (κ3) is 2.81. The Hall–Kier alpha value is -2.99. The Labute approximate surface area is 146 Å². The van der Waals surface area contributed by atoms with Crippen molar-refractivity contribution >= 4 is 39.5 Å². The fourth-order valence-electron chi connectivity index (χ4n) is 2.91. The molecule has 6 heteroatoms. The van der Waals surface area contributed by atoms with Crippen LogP contribution in [-0.2, 0) is 5.75 Å². The molecule has 0 bridgehead atoms. The monoisotopic (exact) mass is 350 g/mol. The number of carboxylic acid groups (broad SMARTS) is 1. The molecule has 0 fully saturated rings. The summed E-state index contributed by atoms with van der Waals surface area (Å²) in [6.45, 7) is 0. The summed E-state index contributed by atoms with van der Waals surface area (Å²) in [5.41, 5.74) is 1.92. The zero-order valence-electron chi connectivity index (χ0n) is 13.1. The van der Waals surface area contributed by atoms with Gasteiger partial charge >= 0.3 is 5.97 Å². The van der Waals surface area contributed by atoms with Crippen molar-refractivity contribution in [1.29, 1.82) is 0 Å². The fraction of sp³-hybridized carbons (Fsp3) is 0.0526. The van der Waals surface area contributed by atoms with Gasteiger partial charge in [0.15, 0.2) is 0 Å². The maximum absolute atomic E-state index is 12.1. The van der Waals surface area contributed by atoms with Crippen molar-refractivity contribution in [3.63, 3.8) is 0 Å². The van der Waals surface area contributed by atoms with Gasteiger partial charge in [-0.3, -0.25) is 4.79 Å². The lowest BCUT2D eigenvalue weighted by atomic mass is 10.1. The number of benzene rings is 2. The van der Waals surface area contributed by atoms with Gasteiger partial charge in [0.2, 0.25) is 0 Å². The lowest BCUT2D eigenvalue weighted by Crippen LogP contribution is -2.07. The molecule has 0 aliphatic heterocycles. The van der Waals surface area contributed by atoms with Crippen LogP contribution in [0.15, 0.2) is 64.4 Å². The largest absolute Gasteiger partial charge is 0.478 e. The molecule has 4 aromatic rings. The molecule has 0 spiro atoms. The molecule has 0 saturated heterocycles. The highest BCUT2D eigenvalue weighted by Crippen LogP contribution is 2.30. The molecule has 3 N–H and O–H groups in total. The number of aromatic amines is 2. The number of aromatic carboxylic acids is 1. The van der Waals surface area contributed by atoms with Crippen LogP contribution >= 0.6 is 11.8 Å². The molecule has 2 aromatic heterocycles. The number of pyridine rings is 1. The number of carboxylic acids is 1. The van der Waals surface area contributed by atoms with Crippen LogP contribution in [0.25, 0.3) is 21.8 Å². The Balaban J connectivity index is 1.82. The predicted octanol–water partition coefficient (Wildman–Crippen LogP) is 4.00. The van der Waals surface area contributed by atoms with Gasteiger partial charge in [0.1, 0.15) is 5.52 Å². The van der Waals surface area contributed by atoms with Crippen LogP contribution in [0.3, 0.4) is 0 Å². The Morgan fingerprint density at radius 1 is 1.12 bits per heavy atom. The van der Waals surface area contributed by atoms with E-state index in [0.29, 0.717) is 10.9 Å². The fourth-order valence-corrected chi connectivity index (χ4v) is 3.80. The predicted molar refractivity (Wildman–Crippen MR) is 99.4 cm³/mol. The zero-order chi connectivity index (χ0) is 17.4. The van der Waals surface area contributed by atoms with E-state index in [0.717, 1.165) is 16.0 Å². The second kappa shape index (κ2) is 6.14. The second-order valence-corrected chi connectivity index (χ2v) is 6.74. The lowest BCUT2D eigenvalue weighted by molar-refractivity contribution is 0.0699. The molecule has 0 aliphatic carbocycles. The lowest BCUT2D eigenvalue weighted by Gasteiger charge is -2.06. The molecule has 0 radical (unpaired) electrons. The molecular weight excluding hydrogens is 336 g/mol. The zero-order valence-corrected chi connectivity index (χ0v) is 13.9. The molecule has 25 heavy (non-hydrogen) atoms. The molecule has 5 nitrogen and oxygen atoms in total. The summed E-state index contributed by atoms with van der Waals surface area (Å²) in [6.07, 6.45) is 1.37. The summed E-state index contributed by atoms with van der Waals surface area (Å²) >= 11 is 1.67. The number of fused-ring (bicyclic) bond motifs is 3. The van der Waals surface area contributed by atoms with Gasteiger partial charge in [-0.05, 0) is 23.8 Å². The number of hydrogen-bond acceptors (Lipinski definition) is 3. The summed E-state index contributed by atoms with van der Waals surface area (Å²) < 4.78 is 0. The first kappa shape index (κ1) is 15.5. The van der Waals surface area contributed by atoms with Crippen molar-refractivity contribution in [3.8, 4) is 0 Å². The topological polar surface area (TPSA) is 85.9 Å².